The average Bonchev–Trinajstić information content (AvgIpc) is 3.51. The van der Waals surface area contributed by atoms with Gasteiger partial charge in [-0.2, -0.15) is 5.10 Å². The number of benzene rings is 2. The van der Waals surface area contributed by atoms with Gasteiger partial charge in [0.15, 0.2) is 5.82 Å². The molecule has 0 aliphatic heterocycles. The molecule has 6 aromatic rings. The number of nitrogens with zero attached hydrogens (tertiary/aromatic N) is 5. The number of aromatic amines is 1. The number of anilines is 2. The number of carbonyl (C=O) groups is 1. The van der Waals surface area contributed by atoms with E-state index >= 15 is 0 Å². The van der Waals surface area contributed by atoms with Crippen molar-refractivity contribution >= 4 is 39.3 Å². The van der Waals surface area contributed by atoms with Crippen LogP contribution < -0.4 is 10.1 Å². The Labute approximate surface area is 193 Å². The molecule has 0 fully saturated rings. The molecule has 9 heteroatoms. The molecular weight excluding hydrogens is 430 g/mol. The molecule has 0 atom stereocenters. The smallest absolute Gasteiger partial charge is 0.410 e. The lowest BCUT2D eigenvalue weighted by atomic mass is 10.1. The van der Waals surface area contributed by atoms with Crippen LogP contribution in [0.15, 0.2) is 91.8 Å². The van der Waals surface area contributed by atoms with Crippen molar-refractivity contribution in [1.29, 1.82) is 0 Å². The Bertz CT molecular complexity index is 1640. The third kappa shape index (κ3) is 3.82. The largest absolute Gasteiger partial charge is 0.423 e. The van der Waals surface area contributed by atoms with E-state index in [1.807, 2.05) is 42.5 Å². The molecule has 0 saturated carbocycles. The summed E-state index contributed by atoms with van der Waals surface area (Å²) in [6, 6.07) is 16.8. The van der Waals surface area contributed by atoms with Crippen molar-refractivity contribution in [2.45, 2.75) is 0 Å². The number of hydrogen-bond donors (Lipinski definition) is 2. The highest BCUT2D eigenvalue weighted by atomic mass is 16.6. The van der Waals surface area contributed by atoms with Crippen LogP contribution >= 0.6 is 0 Å². The van der Waals surface area contributed by atoms with Gasteiger partial charge in [0.25, 0.3) is 0 Å². The van der Waals surface area contributed by atoms with E-state index in [0.29, 0.717) is 17.4 Å². The first-order valence-corrected chi connectivity index (χ1v) is 10.5. The van der Waals surface area contributed by atoms with Gasteiger partial charge in [-0.25, -0.2) is 14.8 Å². The van der Waals surface area contributed by atoms with E-state index in [2.05, 4.69) is 30.5 Å². The summed E-state index contributed by atoms with van der Waals surface area (Å²) in [6.07, 6.45) is 9.58. The molecule has 0 amide bonds. The normalized spacial score (nSPS) is 11.1. The highest BCUT2D eigenvalue weighted by Crippen LogP contribution is 2.25. The van der Waals surface area contributed by atoms with Gasteiger partial charge in [0.1, 0.15) is 11.6 Å². The standard InChI is InChI=1S/C25H17N7O2/c33-25(34-21-5-8-26-9-6-21)32-14-17-2-1-16(11-19(17)15-32)24-27-10-7-23(30-24)29-20-3-4-22-18(12-20)13-28-31-22/h1-15H,(H,28,31)(H,27,29,30). The maximum Gasteiger partial charge on any atom is 0.423 e. The third-order valence-corrected chi connectivity index (χ3v) is 5.34. The Morgan fingerprint density at radius 1 is 0.912 bits per heavy atom. The molecule has 0 radical (unpaired) electrons. The Balaban J connectivity index is 1.25. The lowest BCUT2D eigenvalue weighted by Gasteiger charge is -2.07. The zero-order valence-electron chi connectivity index (χ0n) is 17.7. The predicted octanol–water partition coefficient (Wildman–Crippen LogP) is 5.16. The molecule has 34 heavy (non-hydrogen) atoms. The quantitative estimate of drug-likeness (QED) is 0.384. The molecule has 2 N–H and O–H groups in total. The van der Waals surface area contributed by atoms with Gasteiger partial charge in [0, 0.05) is 58.4 Å². The monoisotopic (exact) mass is 447 g/mol. The van der Waals surface area contributed by atoms with E-state index in [-0.39, 0.29) is 0 Å². The molecule has 2 aromatic carbocycles. The second-order valence-electron chi connectivity index (χ2n) is 7.62. The molecule has 9 nitrogen and oxygen atoms in total. The first-order valence-electron chi connectivity index (χ1n) is 10.5. The lowest BCUT2D eigenvalue weighted by Crippen LogP contribution is -2.14. The fourth-order valence-corrected chi connectivity index (χ4v) is 3.68. The summed E-state index contributed by atoms with van der Waals surface area (Å²) in [5.74, 6) is 1.68. The number of rotatable bonds is 4. The second kappa shape index (κ2) is 8.14. The zero-order chi connectivity index (χ0) is 22.9. The van der Waals surface area contributed by atoms with Crippen molar-refractivity contribution in [2.75, 3.05) is 5.32 Å². The van der Waals surface area contributed by atoms with Gasteiger partial charge in [-0.1, -0.05) is 12.1 Å². The van der Waals surface area contributed by atoms with Crippen LogP contribution in [0.4, 0.5) is 16.3 Å². The van der Waals surface area contributed by atoms with Crippen LogP contribution in [0.25, 0.3) is 33.1 Å². The molecule has 0 spiro atoms. The average molecular weight is 447 g/mol. The lowest BCUT2D eigenvalue weighted by molar-refractivity contribution is 0.202. The summed E-state index contributed by atoms with van der Waals surface area (Å²) in [4.78, 5) is 25.5. The number of pyridine rings is 1. The van der Waals surface area contributed by atoms with Crippen LogP contribution in [0.1, 0.15) is 0 Å². The van der Waals surface area contributed by atoms with Crippen LogP contribution in [-0.4, -0.2) is 35.8 Å². The maximum absolute atomic E-state index is 12.5. The van der Waals surface area contributed by atoms with Gasteiger partial charge in [0.2, 0.25) is 0 Å². The molecule has 0 unspecified atom stereocenters. The van der Waals surface area contributed by atoms with E-state index in [1.54, 1.807) is 49.3 Å². The highest BCUT2D eigenvalue weighted by molar-refractivity contribution is 5.90. The number of aromatic nitrogens is 6. The van der Waals surface area contributed by atoms with Gasteiger partial charge in [0.05, 0.1) is 11.7 Å². The van der Waals surface area contributed by atoms with Gasteiger partial charge in [-0.3, -0.25) is 14.6 Å². The molecule has 0 saturated heterocycles. The summed E-state index contributed by atoms with van der Waals surface area (Å²) in [5.41, 5.74) is 2.71. The summed E-state index contributed by atoms with van der Waals surface area (Å²) in [5, 5.41) is 13.1. The molecule has 0 aliphatic rings. The van der Waals surface area contributed by atoms with E-state index in [1.165, 1.54) is 4.57 Å². The van der Waals surface area contributed by atoms with E-state index in [0.717, 1.165) is 32.9 Å². The van der Waals surface area contributed by atoms with Gasteiger partial charge in [-0.15, -0.1) is 0 Å². The third-order valence-electron chi connectivity index (χ3n) is 5.34. The van der Waals surface area contributed by atoms with Crippen LogP contribution in [-0.2, 0) is 0 Å². The Kier molecular flexibility index (Phi) is 4.70. The SMILES string of the molecule is O=C(Oc1ccncc1)n1cc2ccc(-c3nccc(Nc4ccc5[nH]ncc5c4)n3)cc2c1. The number of carbonyl (C=O) groups excluding carboxylic acids is 1. The van der Waals surface area contributed by atoms with Crippen LogP contribution in [0, 0.1) is 0 Å². The van der Waals surface area contributed by atoms with E-state index in [9.17, 15) is 4.79 Å². The van der Waals surface area contributed by atoms with Crippen LogP contribution in [0.3, 0.4) is 0 Å². The van der Waals surface area contributed by atoms with Crippen molar-refractivity contribution in [3.8, 4) is 17.1 Å². The summed E-state index contributed by atoms with van der Waals surface area (Å²) < 4.78 is 6.80. The first kappa shape index (κ1) is 19.6. The topological polar surface area (TPSA) is 111 Å². The molecular formula is C25H17N7O2. The first-order chi connectivity index (χ1) is 16.7. The number of hydrogen-bond acceptors (Lipinski definition) is 7. The zero-order valence-corrected chi connectivity index (χ0v) is 17.7. The minimum atomic E-state index is -0.499. The number of fused-ring (bicyclic) bond motifs is 2. The Morgan fingerprint density at radius 3 is 2.71 bits per heavy atom. The van der Waals surface area contributed by atoms with Crippen molar-refractivity contribution in [3.63, 3.8) is 0 Å². The van der Waals surface area contributed by atoms with Gasteiger partial charge < -0.3 is 10.1 Å². The van der Waals surface area contributed by atoms with Crippen molar-refractivity contribution < 1.29 is 9.53 Å². The second-order valence-corrected chi connectivity index (χ2v) is 7.62. The molecule has 0 aliphatic carbocycles. The fraction of sp³-hybridized carbons (Fsp3) is 0. The molecule has 0 bridgehead atoms. The van der Waals surface area contributed by atoms with Crippen molar-refractivity contribution in [2.24, 2.45) is 0 Å². The molecule has 4 aromatic heterocycles. The predicted molar refractivity (Wildman–Crippen MR) is 128 cm³/mol. The van der Waals surface area contributed by atoms with Gasteiger partial charge in [-0.05, 0) is 42.5 Å². The Hall–Kier alpha value is -5.05. The number of ether oxygens (including phenoxy) is 1. The van der Waals surface area contributed by atoms with Crippen LogP contribution in [0.2, 0.25) is 0 Å². The minimum absolute atomic E-state index is 0.433. The molecule has 164 valence electrons. The summed E-state index contributed by atoms with van der Waals surface area (Å²) >= 11 is 0. The number of H-pyrrole nitrogens is 1. The molecule has 4 heterocycles. The van der Waals surface area contributed by atoms with E-state index in [4.69, 9.17) is 4.74 Å². The fourth-order valence-electron chi connectivity index (χ4n) is 3.68. The highest BCUT2D eigenvalue weighted by Gasteiger charge is 2.11. The maximum atomic E-state index is 12.5. The van der Waals surface area contributed by atoms with Crippen molar-refractivity contribution in [1.82, 2.24) is 29.7 Å². The minimum Gasteiger partial charge on any atom is -0.410 e. The van der Waals surface area contributed by atoms with Gasteiger partial charge >= 0.3 is 6.09 Å². The van der Waals surface area contributed by atoms with Crippen LogP contribution in [0.5, 0.6) is 5.75 Å². The number of nitrogens with one attached hydrogen (secondary N) is 2. The summed E-state index contributed by atoms with van der Waals surface area (Å²) in [7, 11) is 0. The molecule has 6 rings (SSSR count). The van der Waals surface area contributed by atoms with E-state index < -0.39 is 6.09 Å². The van der Waals surface area contributed by atoms with Crippen molar-refractivity contribution in [3.05, 3.63) is 91.8 Å². The summed E-state index contributed by atoms with van der Waals surface area (Å²) in [6.45, 7) is 0. The Morgan fingerprint density at radius 2 is 1.79 bits per heavy atom.